The highest BCUT2D eigenvalue weighted by Crippen LogP contribution is 2.37. The third-order valence-electron chi connectivity index (χ3n) is 6.14. The van der Waals surface area contributed by atoms with Gasteiger partial charge in [0.05, 0.1) is 26.0 Å². The zero-order valence-corrected chi connectivity index (χ0v) is 19.2. The van der Waals surface area contributed by atoms with Gasteiger partial charge in [-0.2, -0.15) is 0 Å². The van der Waals surface area contributed by atoms with Gasteiger partial charge in [0.25, 0.3) is 0 Å². The van der Waals surface area contributed by atoms with Crippen molar-refractivity contribution in [3.8, 4) is 22.6 Å². The highest BCUT2D eigenvalue weighted by atomic mass is 16.5. The summed E-state index contributed by atoms with van der Waals surface area (Å²) in [5.41, 5.74) is 9.72. The van der Waals surface area contributed by atoms with Crippen LogP contribution < -0.4 is 15.2 Å². The van der Waals surface area contributed by atoms with Gasteiger partial charge in [-0.1, -0.05) is 24.3 Å². The molecule has 1 unspecified atom stereocenters. The maximum absolute atomic E-state index is 13.3. The predicted octanol–water partition coefficient (Wildman–Crippen LogP) is 4.43. The Morgan fingerprint density at radius 2 is 1.88 bits per heavy atom. The highest BCUT2D eigenvalue weighted by Gasteiger charge is 2.31. The first kappa shape index (κ1) is 22.6. The van der Waals surface area contributed by atoms with Crippen molar-refractivity contribution in [3.05, 3.63) is 66.0 Å². The van der Waals surface area contributed by atoms with Gasteiger partial charge in [-0.05, 0) is 61.1 Å². The number of anilines is 1. The molecule has 1 aliphatic heterocycles. The van der Waals surface area contributed by atoms with E-state index in [0.29, 0.717) is 19.4 Å². The van der Waals surface area contributed by atoms with Crippen LogP contribution in [-0.2, 0) is 11.2 Å². The smallest absolute Gasteiger partial charge is 0.223 e. The van der Waals surface area contributed by atoms with E-state index in [4.69, 9.17) is 15.2 Å². The average Bonchev–Trinajstić information content (AvgIpc) is 2.87. The number of aromatic nitrogens is 2. The number of carbonyl (C=O) groups is 1. The van der Waals surface area contributed by atoms with Crippen molar-refractivity contribution in [2.75, 3.05) is 26.5 Å². The first-order valence-electron chi connectivity index (χ1n) is 11.3. The molecule has 1 saturated heterocycles. The van der Waals surface area contributed by atoms with E-state index in [9.17, 15) is 4.79 Å². The number of nitrogens with zero attached hydrogens (tertiary/aromatic N) is 3. The Labute approximate surface area is 194 Å². The number of hydrogen-bond donors (Lipinski definition) is 1. The Balaban J connectivity index is 1.58. The maximum Gasteiger partial charge on any atom is 0.223 e. The Bertz CT molecular complexity index is 1100. The molecule has 0 saturated carbocycles. The molecule has 0 radical (unpaired) electrons. The van der Waals surface area contributed by atoms with Crippen molar-refractivity contribution in [2.45, 2.75) is 38.1 Å². The summed E-state index contributed by atoms with van der Waals surface area (Å²) in [7, 11) is 3.29. The van der Waals surface area contributed by atoms with Gasteiger partial charge in [-0.15, -0.1) is 0 Å². The van der Waals surface area contributed by atoms with Gasteiger partial charge >= 0.3 is 0 Å². The zero-order valence-electron chi connectivity index (χ0n) is 19.2. The van der Waals surface area contributed by atoms with Crippen LogP contribution in [0.5, 0.6) is 11.5 Å². The van der Waals surface area contributed by atoms with Crippen molar-refractivity contribution in [2.24, 2.45) is 0 Å². The first-order chi connectivity index (χ1) is 16.1. The molecule has 7 nitrogen and oxygen atoms in total. The predicted molar refractivity (Wildman–Crippen MR) is 128 cm³/mol. The van der Waals surface area contributed by atoms with Crippen LogP contribution in [0.1, 0.15) is 43.0 Å². The Morgan fingerprint density at radius 1 is 1.09 bits per heavy atom. The number of ether oxygens (including phenoxy) is 2. The molecule has 1 aliphatic rings. The summed E-state index contributed by atoms with van der Waals surface area (Å²) in [6.45, 7) is 0.716. The fourth-order valence-electron chi connectivity index (χ4n) is 4.38. The lowest BCUT2D eigenvalue weighted by molar-refractivity contribution is -0.135. The van der Waals surface area contributed by atoms with Gasteiger partial charge in [-0.3, -0.25) is 4.79 Å². The van der Waals surface area contributed by atoms with E-state index in [1.807, 2.05) is 53.4 Å². The summed E-state index contributed by atoms with van der Waals surface area (Å²) >= 11 is 0. The maximum atomic E-state index is 13.3. The molecule has 4 rings (SSSR count). The van der Waals surface area contributed by atoms with Gasteiger partial charge in [-0.25, -0.2) is 9.97 Å². The van der Waals surface area contributed by atoms with E-state index in [2.05, 4.69) is 9.97 Å². The van der Waals surface area contributed by atoms with Crippen molar-refractivity contribution in [1.29, 1.82) is 0 Å². The molecule has 2 aromatic carbocycles. The molecule has 0 bridgehead atoms. The number of hydrogen-bond acceptors (Lipinski definition) is 6. The molecule has 0 spiro atoms. The first-order valence-corrected chi connectivity index (χ1v) is 11.3. The van der Waals surface area contributed by atoms with E-state index in [0.717, 1.165) is 53.1 Å². The molecule has 1 atom stereocenters. The van der Waals surface area contributed by atoms with Gasteiger partial charge < -0.3 is 20.1 Å². The van der Waals surface area contributed by atoms with Crippen molar-refractivity contribution < 1.29 is 14.3 Å². The SMILES string of the molecule is COc1ccc(CCC(=O)N2CCCCC2c2nc(N)ncc2-c2cccc(OC)c2)cc1. The summed E-state index contributed by atoms with van der Waals surface area (Å²) < 4.78 is 10.6. The Morgan fingerprint density at radius 3 is 2.64 bits per heavy atom. The molecule has 2 heterocycles. The van der Waals surface area contributed by atoms with E-state index in [-0.39, 0.29) is 17.9 Å². The second-order valence-corrected chi connectivity index (χ2v) is 8.21. The minimum absolute atomic E-state index is 0.129. The Hall–Kier alpha value is -3.61. The quantitative estimate of drug-likeness (QED) is 0.577. The molecule has 7 heteroatoms. The third kappa shape index (κ3) is 5.25. The second kappa shape index (κ2) is 10.3. The lowest BCUT2D eigenvalue weighted by atomic mass is 9.93. The number of aryl methyl sites for hydroxylation is 1. The summed E-state index contributed by atoms with van der Waals surface area (Å²) in [6.07, 6.45) is 5.75. The number of nitrogens with two attached hydrogens (primary N) is 1. The van der Waals surface area contributed by atoms with E-state index >= 15 is 0 Å². The minimum Gasteiger partial charge on any atom is -0.497 e. The number of likely N-dealkylation sites (tertiary alicyclic amines) is 1. The summed E-state index contributed by atoms with van der Waals surface area (Å²) in [4.78, 5) is 24.1. The second-order valence-electron chi connectivity index (χ2n) is 8.21. The molecule has 1 amide bonds. The molecule has 1 aromatic heterocycles. The van der Waals surface area contributed by atoms with Crippen LogP contribution in [0.15, 0.2) is 54.7 Å². The fourth-order valence-corrected chi connectivity index (χ4v) is 4.38. The van der Waals surface area contributed by atoms with Crippen LogP contribution in [0, 0.1) is 0 Å². The number of methoxy groups -OCH3 is 2. The topological polar surface area (TPSA) is 90.6 Å². The highest BCUT2D eigenvalue weighted by molar-refractivity contribution is 5.78. The van der Waals surface area contributed by atoms with E-state index < -0.39 is 0 Å². The fraction of sp³-hybridized carbons (Fsp3) is 0.346. The lowest BCUT2D eigenvalue weighted by Crippen LogP contribution is -2.39. The van der Waals surface area contributed by atoms with Gasteiger partial charge in [0.15, 0.2) is 0 Å². The number of carbonyl (C=O) groups excluding carboxylic acids is 1. The number of piperidine rings is 1. The molecule has 2 N–H and O–H groups in total. The minimum atomic E-state index is -0.131. The normalized spacial score (nSPS) is 15.8. The van der Waals surface area contributed by atoms with Crippen molar-refractivity contribution in [1.82, 2.24) is 14.9 Å². The molecular weight excluding hydrogens is 416 g/mol. The van der Waals surface area contributed by atoms with Gasteiger partial charge in [0.1, 0.15) is 11.5 Å². The molecule has 3 aromatic rings. The van der Waals surface area contributed by atoms with Crippen LogP contribution in [0.2, 0.25) is 0 Å². The zero-order chi connectivity index (χ0) is 23.2. The monoisotopic (exact) mass is 446 g/mol. The average molecular weight is 447 g/mol. The van der Waals surface area contributed by atoms with Crippen LogP contribution in [0.3, 0.4) is 0 Å². The third-order valence-corrected chi connectivity index (χ3v) is 6.14. The number of benzene rings is 2. The number of rotatable bonds is 7. The van der Waals surface area contributed by atoms with Crippen LogP contribution >= 0.6 is 0 Å². The van der Waals surface area contributed by atoms with Crippen LogP contribution in [-0.4, -0.2) is 41.5 Å². The van der Waals surface area contributed by atoms with E-state index in [1.165, 1.54) is 0 Å². The summed E-state index contributed by atoms with van der Waals surface area (Å²) in [5.74, 6) is 1.91. The lowest BCUT2D eigenvalue weighted by Gasteiger charge is -2.36. The molecule has 172 valence electrons. The van der Waals surface area contributed by atoms with Gasteiger partial charge in [0, 0.05) is 24.7 Å². The van der Waals surface area contributed by atoms with E-state index in [1.54, 1.807) is 20.4 Å². The molecule has 33 heavy (non-hydrogen) atoms. The largest absolute Gasteiger partial charge is 0.497 e. The van der Waals surface area contributed by atoms with Crippen molar-refractivity contribution in [3.63, 3.8) is 0 Å². The molecule has 0 aliphatic carbocycles. The summed E-state index contributed by atoms with van der Waals surface area (Å²) in [6, 6.07) is 15.5. The molecular formula is C26H30N4O3. The van der Waals surface area contributed by atoms with Crippen molar-refractivity contribution >= 4 is 11.9 Å². The Kier molecular flexibility index (Phi) is 7.07. The molecule has 1 fully saturated rings. The van der Waals surface area contributed by atoms with Crippen LogP contribution in [0.25, 0.3) is 11.1 Å². The standard InChI is InChI=1S/C26H30N4O3/c1-32-20-12-9-18(10-13-20)11-14-24(31)30-15-4-3-8-23(30)25-22(17-28-26(27)29-25)19-6-5-7-21(16-19)33-2/h5-7,9-10,12-13,16-17,23H,3-4,8,11,14-15H2,1-2H3,(H2,27,28,29). The van der Waals surface area contributed by atoms with Gasteiger partial charge in [0.2, 0.25) is 11.9 Å². The van der Waals surface area contributed by atoms with Crippen LogP contribution in [0.4, 0.5) is 5.95 Å². The number of nitrogen functional groups attached to an aromatic ring is 1. The number of amides is 1. The summed E-state index contributed by atoms with van der Waals surface area (Å²) in [5, 5.41) is 0.